The average molecular weight is 393 g/mol. The van der Waals surface area contributed by atoms with Crippen LogP contribution in [0.2, 0.25) is 5.02 Å². The highest BCUT2D eigenvalue weighted by atomic mass is 35.5. The molecule has 3 rings (SSSR count). The van der Waals surface area contributed by atoms with Crippen LogP contribution in [0.1, 0.15) is 24.0 Å². The van der Waals surface area contributed by atoms with Gasteiger partial charge in [-0.15, -0.1) is 0 Å². The lowest BCUT2D eigenvalue weighted by atomic mass is 10.1. The minimum Gasteiger partial charge on any atom is -0.345 e. The first kappa shape index (κ1) is 19.6. The maximum Gasteiger partial charge on any atom is 0.311 e. The number of anilines is 1. The minimum absolute atomic E-state index is 0.143. The highest BCUT2D eigenvalue weighted by Gasteiger charge is 2.31. The van der Waals surface area contributed by atoms with E-state index in [0.717, 1.165) is 24.0 Å². The first-order chi connectivity index (χ1) is 12.8. The molecule has 1 heterocycles. The summed E-state index contributed by atoms with van der Waals surface area (Å²) in [6, 6.07) is 3.96. The maximum absolute atomic E-state index is 12.4. The molecule has 0 bridgehead atoms. The number of nitrogens with one attached hydrogen (secondary N) is 2. The summed E-state index contributed by atoms with van der Waals surface area (Å²) >= 11 is 6.24. The molecule has 1 saturated carbocycles. The zero-order chi connectivity index (χ0) is 19.6. The molecule has 1 aliphatic carbocycles. The van der Waals surface area contributed by atoms with Crippen LogP contribution in [0.5, 0.6) is 0 Å². The molecule has 0 radical (unpaired) electrons. The molecular formula is C19H25ClN4O3. The van der Waals surface area contributed by atoms with Gasteiger partial charge < -0.3 is 15.5 Å². The number of amides is 3. The van der Waals surface area contributed by atoms with E-state index in [1.807, 2.05) is 30.9 Å². The Labute approximate surface area is 164 Å². The number of halogens is 1. The summed E-state index contributed by atoms with van der Waals surface area (Å²) in [6.45, 7) is 6.07. The summed E-state index contributed by atoms with van der Waals surface area (Å²) in [5, 5.41) is 6.12. The summed E-state index contributed by atoms with van der Waals surface area (Å²) in [6.07, 6.45) is 1.90. The summed E-state index contributed by atoms with van der Waals surface area (Å²) in [7, 11) is 0. The Balaban J connectivity index is 1.46. The van der Waals surface area contributed by atoms with E-state index in [9.17, 15) is 14.4 Å². The lowest BCUT2D eigenvalue weighted by Gasteiger charge is -2.33. The smallest absolute Gasteiger partial charge is 0.311 e. The summed E-state index contributed by atoms with van der Waals surface area (Å²) < 4.78 is 0. The summed E-state index contributed by atoms with van der Waals surface area (Å²) in [5.74, 6) is -1.14. The topological polar surface area (TPSA) is 81.8 Å². The second-order valence-corrected chi connectivity index (χ2v) is 7.71. The fraction of sp³-hybridized carbons (Fsp3) is 0.526. The minimum atomic E-state index is -0.520. The van der Waals surface area contributed by atoms with Gasteiger partial charge in [-0.2, -0.15) is 0 Å². The van der Waals surface area contributed by atoms with Crippen LogP contribution in [0, 0.1) is 13.8 Å². The lowest BCUT2D eigenvalue weighted by molar-refractivity contribution is -0.147. The van der Waals surface area contributed by atoms with Crippen molar-refractivity contribution in [3.63, 3.8) is 0 Å². The fourth-order valence-corrected chi connectivity index (χ4v) is 3.55. The van der Waals surface area contributed by atoms with E-state index < -0.39 is 11.8 Å². The largest absolute Gasteiger partial charge is 0.345 e. The SMILES string of the molecule is Cc1cc(C)c(NC(=O)CN2CCN(C(=O)C(=O)NC3CC3)CC2)c(Cl)c1. The van der Waals surface area contributed by atoms with Crippen molar-refractivity contribution in [2.45, 2.75) is 32.7 Å². The standard InChI is InChI=1S/C19H25ClN4O3/c1-12-9-13(2)17(15(20)10-12)22-16(25)11-23-5-7-24(8-6-23)19(27)18(26)21-14-3-4-14/h9-10,14H,3-8,11H2,1-2H3,(H,21,26)(H,22,25). The van der Waals surface area contributed by atoms with Gasteiger partial charge in [0, 0.05) is 32.2 Å². The van der Waals surface area contributed by atoms with E-state index in [1.165, 1.54) is 0 Å². The Morgan fingerprint density at radius 1 is 1.11 bits per heavy atom. The van der Waals surface area contributed by atoms with Gasteiger partial charge in [0.25, 0.3) is 0 Å². The maximum atomic E-state index is 12.4. The molecule has 8 heteroatoms. The normalized spacial score (nSPS) is 17.5. The fourth-order valence-electron chi connectivity index (χ4n) is 3.18. The van der Waals surface area contributed by atoms with Crippen LogP contribution >= 0.6 is 11.6 Å². The molecule has 1 aromatic carbocycles. The molecule has 0 atom stereocenters. The molecule has 0 aromatic heterocycles. The predicted molar refractivity (Wildman–Crippen MR) is 104 cm³/mol. The molecule has 1 aliphatic heterocycles. The third-order valence-corrected chi connectivity index (χ3v) is 5.13. The van der Waals surface area contributed by atoms with Crippen molar-refractivity contribution in [3.8, 4) is 0 Å². The second kappa shape index (κ2) is 8.27. The van der Waals surface area contributed by atoms with Gasteiger partial charge in [0.15, 0.2) is 0 Å². The highest BCUT2D eigenvalue weighted by molar-refractivity contribution is 6.35. The van der Waals surface area contributed by atoms with Gasteiger partial charge in [-0.1, -0.05) is 17.7 Å². The Bertz CT molecular complexity index is 732. The Morgan fingerprint density at radius 3 is 2.37 bits per heavy atom. The zero-order valence-corrected chi connectivity index (χ0v) is 16.4. The molecule has 2 fully saturated rings. The van der Waals surface area contributed by atoms with Gasteiger partial charge in [0.05, 0.1) is 17.3 Å². The number of aryl methyl sites for hydroxylation is 2. The van der Waals surface area contributed by atoms with Crippen molar-refractivity contribution in [2.24, 2.45) is 0 Å². The van der Waals surface area contributed by atoms with E-state index in [-0.39, 0.29) is 18.5 Å². The summed E-state index contributed by atoms with van der Waals surface area (Å²) in [5.41, 5.74) is 2.60. The number of piperazine rings is 1. The van der Waals surface area contributed by atoms with Gasteiger partial charge in [0.2, 0.25) is 5.91 Å². The number of rotatable bonds is 4. The van der Waals surface area contributed by atoms with E-state index in [4.69, 9.17) is 11.6 Å². The lowest BCUT2D eigenvalue weighted by Crippen LogP contribution is -2.53. The third kappa shape index (κ3) is 5.20. The molecule has 1 saturated heterocycles. The molecule has 0 spiro atoms. The van der Waals surface area contributed by atoms with Crippen LogP contribution in [0.3, 0.4) is 0 Å². The van der Waals surface area contributed by atoms with Crippen LogP contribution in [-0.2, 0) is 14.4 Å². The van der Waals surface area contributed by atoms with Crippen LogP contribution in [0.15, 0.2) is 12.1 Å². The molecule has 146 valence electrons. The van der Waals surface area contributed by atoms with Crippen molar-refractivity contribution in [1.29, 1.82) is 0 Å². The average Bonchev–Trinajstić information content (AvgIpc) is 3.42. The van der Waals surface area contributed by atoms with E-state index in [2.05, 4.69) is 10.6 Å². The van der Waals surface area contributed by atoms with Gasteiger partial charge in [0.1, 0.15) is 0 Å². The van der Waals surface area contributed by atoms with E-state index in [1.54, 1.807) is 4.90 Å². The summed E-state index contributed by atoms with van der Waals surface area (Å²) in [4.78, 5) is 39.9. The van der Waals surface area contributed by atoms with Gasteiger partial charge in [-0.3, -0.25) is 19.3 Å². The van der Waals surface area contributed by atoms with Crippen LogP contribution in [0.4, 0.5) is 5.69 Å². The van der Waals surface area contributed by atoms with Crippen molar-refractivity contribution in [3.05, 3.63) is 28.3 Å². The molecule has 0 unspecified atom stereocenters. The van der Waals surface area contributed by atoms with Crippen molar-refractivity contribution < 1.29 is 14.4 Å². The molecule has 1 aromatic rings. The van der Waals surface area contributed by atoms with Gasteiger partial charge in [-0.05, 0) is 43.9 Å². The molecule has 2 aliphatic rings. The molecule has 3 amide bonds. The third-order valence-electron chi connectivity index (χ3n) is 4.83. The number of carbonyl (C=O) groups excluding carboxylic acids is 3. The van der Waals surface area contributed by atoms with Crippen LogP contribution in [-0.4, -0.2) is 66.3 Å². The monoisotopic (exact) mass is 392 g/mol. The first-order valence-corrected chi connectivity index (χ1v) is 9.60. The van der Waals surface area contributed by atoms with E-state index >= 15 is 0 Å². The Hall–Kier alpha value is -2.12. The van der Waals surface area contributed by atoms with Crippen LogP contribution < -0.4 is 10.6 Å². The molecular weight excluding hydrogens is 368 g/mol. The Kier molecular flexibility index (Phi) is 6.01. The zero-order valence-electron chi connectivity index (χ0n) is 15.7. The van der Waals surface area contributed by atoms with E-state index in [0.29, 0.717) is 36.9 Å². The molecule has 7 nitrogen and oxygen atoms in total. The van der Waals surface area contributed by atoms with Gasteiger partial charge in [-0.25, -0.2) is 0 Å². The second-order valence-electron chi connectivity index (χ2n) is 7.30. The van der Waals surface area contributed by atoms with Crippen LogP contribution in [0.25, 0.3) is 0 Å². The molecule has 27 heavy (non-hydrogen) atoms. The molecule has 2 N–H and O–H groups in total. The quantitative estimate of drug-likeness (QED) is 0.757. The van der Waals surface area contributed by atoms with Crippen molar-refractivity contribution in [1.82, 2.24) is 15.1 Å². The predicted octanol–water partition coefficient (Wildman–Crippen LogP) is 1.32. The first-order valence-electron chi connectivity index (χ1n) is 9.22. The van der Waals surface area contributed by atoms with Crippen molar-refractivity contribution >= 4 is 35.0 Å². The highest BCUT2D eigenvalue weighted by Crippen LogP contribution is 2.27. The number of benzene rings is 1. The van der Waals surface area contributed by atoms with Gasteiger partial charge >= 0.3 is 11.8 Å². The number of hydrogen-bond acceptors (Lipinski definition) is 4. The number of hydrogen-bond donors (Lipinski definition) is 2. The number of carbonyl (C=O) groups is 3. The van der Waals surface area contributed by atoms with Crippen molar-refractivity contribution in [2.75, 3.05) is 38.0 Å². The Morgan fingerprint density at radius 2 is 1.78 bits per heavy atom. The number of nitrogens with zero attached hydrogens (tertiary/aromatic N) is 2.